The first kappa shape index (κ1) is 26.0. The van der Waals surface area contributed by atoms with Gasteiger partial charge >= 0.3 is 0 Å². The highest BCUT2D eigenvalue weighted by Gasteiger charge is 2.35. The van der Waals surface area contributed by atoms with Gasteiger partial charge in [-0.15, -0.1) is 22.7 Å². The van der Waals surface area contributed by atoms with Crippen molar-refractivity contribution in [2.24, 2.45) is 0 Å². The minimum atomic E-state index is -3.80. The van der Waals surface area contributed by atoms with E-state index < -0.39 is 15.3 Å². The lowest BCUT2D eigenvalue weighted by Gasteiger charge is -2.24. The molecule has 1 unspecified atom stereocenters. The SMILES string of the molecule is Cc1cc(C)nc(NS(=O)(=O)C2C=CC3=C(CCN3C(=O)/C(=C\c3cccs3)NC(=O)c3cccs3)C2)n1. The quantitative estimate of drug-likeness (QED) is 0.412. The van der Waals surface area contributed by atoms with E-state index in [0.29, 0.717) is 34.9 Å². The molecule has 1 atom stereocenters. The van der Waals surface area contributed by atoms with Crippen LogP contribution >= 0.6 is 22.7 Å². The third-order valence-corrected chi connectivity index (χ3v) is 9.40. The number of nitrogens with one attached hydrogen (secondary N) is 2. The van der Waals surface area contributed by atoms with Crippen molar-refractivity contribution in [3.05, 3.63) is 91.4 Å². The number of hydrogen-bond acceptors (Lipinski definition) is 8. The second-order valence-corrected chi connectivity index (χ2v) is 12.8. The first-order valence-corrected chi connectivity index (χ1v) is 15.2. The van der Waals surface area contributed by atoms with Gasteiger partial charge in [0.05, 0.1) is 4.88 Å². The van der Waals surface area contributed by atoms with Crippen LogP contribution in [0.1, 0.15) is 38.8 Å². The van der Waals surface area contributed by atoms with Gasteiger partial charge < -0.3 is 10.2 Å². The molecule has 3 aromatic heterocycles. The Bertz CT molecular complexity index is 1550. The van der Waals surface area contributed by atoms with E-state index in [4.69, 9.17) is 0 Å². The highest BCUT2D eigenvalue weighted by Crippen LogP contribution is 2.34. The highest BCUT2D eigenvalue weighted by molar-refractivity contribution is 7.93. The van der Waals surface area contributed by atoms with Crippen LogP contribution in [-0.4, -0.2) is 46.9 Å². The zero-order valence-electron chi connectivity index (χ0n) is 20.7. The zero-order valence-corrected chi connectivity index (χ0v) is 23.1. The molecular weight excluding hydrogens is 543 g/mol. The van der Waals surface area contributed by atoms with E-state index in [-0.39, 0.29) is 29.9 Å². The van der Waals surface area contributed by atoms with E-state index >= 15 is 0 Å². The summed E-state index contributed by atoms with van der Waals surface area (Å²) in [6.45, 7) is 3.95. The Morgan fingerprint density at radius 1 is 1.11 bits per heavy atom. The summed E-state index contributed by atoms with van der Waals surface area (Å²) in [4.78, 5) is 37.7. The number of rotatable bonds is 7. The summed E-state index contributed by atoms with van der Waals surface area (Å²) < 4.78 is 28.7. The number of carbonyl (C=O) groups excluding carboxylic acids is 2. The molecule has 4 heterocycles. The van der Waals surface area contributed by atoms with Gasteiger partial charge in [-0.3, -0.25) is 14.3 Å². The third kappa shape index (κ3) is 5.62. The molecule has 196 valence electrons. The van der Waals surface area contributed by atoms with Gasteiger partial charge in [-0.25, -0.2) is 18.4 Å². The number of hydrogen-bond donors (Lipinski definition) is 2. The lowest BCUT2D eigenvalue weighted by atomic mass is 10.0. The molecule has 1 aliphatic carbocycles. The van der Waals surface area contributed by atoms with Crippen molar-refractivity contribution in [3.8, 4) is 0 Å². The number of amides is 2. The van der Waals surface area contributed by atoms with Gasteiger partial charge in [0.15, 0.2) is 0 Å². The molecule has 3 aromatic rings. The van der Waals surface area contributed by atoms with Gasteiger partial charge in [0, 0.05) is 28.5 Å². The number of aryl methyl sites for hydroxylation is 2. The molecule has 1 aliphatic heterocycles. The summed E-state index contributed by atoms with van der Waals surface area (Å²) in [5, 5.41) is 5.66. The fourth-order valence-electron chi connectivity index (χ4n) is 4.41. The van der Waals surface area contributed by atoms with Gasteiger partial charge in [-0.1, -0.05) is 18.2 Å². The summed E-state index contributed by atoms with van der Waals surface area (Å²) in [5.41, 5.74) is 3.05. The van der Waals surface area contributed by atoms with Crippen LogP contribution in [0.2, 0.25) is 0 Å². The maximum atomic E-state index is 13.7. The first-order valence-electron chi connectivity index (χ1n) is 11.9. The van der Waals surface area contributed by atoms with E-state index in [1.54, 1.807) is 60.6 Å². The Labute approximate surface area is 228 Å². The van der Waals surface area contributed by atoms with Crippen LogP contribution in [0, 0.1) is 13.8 Å². The van der Waals surface area contributed by atoms with Crippen molar-refractivity contribution >= 4 is 56.5 Å². The van der Waals surface area contributed by atoms with Gasteiger partial charge in [0.1, 0.15) is 10.9 Å². The zero-order chi connectivity index (χ0) is 26.9. The minimum Gasteiger partial charge on any atom is -0.317 e. The van der Waals surface area contributed by atoms with Crippen LogP contribution < -0.4 is 10.0 Å². The van der Waals surface area contributed by atoms with Gasteiger partial charge in [0.2, 0.25) is 16.0 Å². The highest BCUT2D eigenvalue weighted by atomic mass is 32.2. The molecule has 0 saturated heterocycles. The Morgan fingerprint density at radius 3 is 2.53 bits per heavy atom. The number of nitrogens with zero attached hydrogens (tertiary/aromatic N) is 3. The number of aromatic nitrogens is 2. The molecule has 9 nitrogen and oxygen atoms in total. The smallest absolute Gasteiger partial charge is 0.274 e. The number of allylic oxidation sites excluding steroid dienone is 1. The second-order valence-electron chi connectivity index (χ2n) is 8.92. The van der Waals surface area contributed by atoms with Crippen molar-refractivity contribution in [2.45, 2.75) is 31.9 Å². The van der Waals surface area contributed by atoms with E-state index in [0.717, 1.165) is 10.5 Å². The Kier molecular flexibility index (Phi) is 7.28. The third-order valence-electron chi connectivity index (χ3n) is 6.12. The van der Waals surface area contributed by atoms with Crippen LogP contribution in [0.5, 0.6) is 0 Å². The Morgan fingerprint density at radius 2 is 1.84 bits per heavy atom. The number of thiophene rings is 2. The van der Waals surface area contributed by atoms with Gasteiger partial charge in [0.25, 0.3) is 11.8 Å². The van der Waals surface area contributed by atoms with Crippen molar-refractivity contribution in [2.75, 3.05) is 11.3 Å². The maximum absolute atomic E-state index is 13.7. The lowest BCUT2D eigenvalue weighted by Crippen LogP contribution is -2.36. The molecule has 0 spiro atoms. The predicted octanol–water partition coefficient (Wildman–Crippen LogP) is 4.24. The monoisotopic (exact) mass is 567 g/mol. The Balaban J connectivity index is 1.35. The fraction of sp³-hybridized carbons (Fsp3) is 0.231. The number of sulfonamides is 1. The minimum absolute atomic E-state index is 0.0451. The normalized spacial score (nSPS) is 17.5. The standard InChI is InChI=1S/C26H25N5O4S3/c1-16-13-17(2)28-26(27-16)30-38(34,35)20-7-8-22-18(14-20)9-10-31(22)25(33)21(15-19-5-3-11-36-19)29-24(32)23-6-4-12-37-23/h3-8,11-13,15,20H,9-10,14H2,1-2H3,(H,29,32)(H,27,28,30)/b21-15+. The maximum Gasteiger partial charge on any atom is 0.274 e. The van der Waals surface area contributed by atoms with E-state index in [9.17, 15) is 18.0 Å². The molecule has 0 aromatic carbocycles. The Hall–Kier alpha value is -3.61. The molecule has 2 N–H and O–H groups in total. The van der Waals surface area contributed by atoms with E-state index in [1.807, 2.05) is 17.5 Å². The molecule has 2 aliphatic rings. The van der Waals surface area contributed by atoms with Crippen LogP contribution in [0.3, 0.4) is 0 Å². The van der Waals surface area contributed by atoms with Crippen LogP contribution in [0.15, 0.2) is 70.2 Å². The summed E-state index contributed by atoms with van der Waals surface area (Å²) in [7, 11) is -3.80. The first-order chi connectivity index (χ1) is 18.2. The predicted molar refractivity (Wildman–Crippen MR) is 149 cm³/mol. The largest absolute Gasteiger partial charge is 0.317 e. The number of anilines is 1. The fourth-order valence-corrected chi connectivity index (χ4v) is 6.89. The van der Waals surface area contributed by atoms with Crippen LogP contribution in [0.4, 0.5) is 5.95 Å². The van der Waals surface area contributed by atoms with E-state index in [1.165, 1.54) is 22.7 Å². The summed E-state index contributed by atoms with van der Waals surface area (Å²) in [6, 6.07) is 8.99. The van der Waals surface area contributed by atoms with Crippen LogP contribution in [0.25, 0.3) is 6.08 Å². The second kappa shape index (κ2) is 10.6. The van der Waals surface area contributed by atoms with Gasteiger partial charge in [-0.05, 0) is 73.4 Å². The molecule has 2 amide bonds. The van der Waals surface area contributed by atoms with Crippen molar-refractivity contribution in [1.29, 1.82) is 0 Å². The molecule has 5 rings (SSSR count). The summed E-state index contributed by atoms with van der Waals surface area (Å²) in [5.74, 6) is -0.653. The summed E-state index contributed by atoms with van der Waals surface area (Å²) in [6.07, 6.45) is 5.73. The van der Waals surface area contributed by atoms with Crippen LogP contribution in [-0.2, 0) is 14.8 Å². The summed E-state index contributed by atoms with van der Waals surface area (Å²) >= 11 is 2.75. The molecule has 38 heavy (non-hydrogen) atoms. The van der Waals surface area contributed by atoms with Crippen molar-refractivity contribution in [1.82, 2.24) is 20.2 Å². The lowest BCUT2D eigenvalue weighted by molar-refractivity contribution is -0.125. The molecule has 12 heteroatoms. The average Bonchev–Trinajstić information content (AvgIpc) is 3.64. The van der Waals surface area contributed by atoms with E-state index in [2.05, 4.69) is 20.0 Å². The van der Waals surface area contributed by atoms with Gasteiger partial charge in [-0.2, -0.15) is 0 Å². The molecule has 0 bridgehead atoms. The molecule has 0 saturated carbocycles. The van der Waals surface area contributed by atoms with Crippen molar-refractivity contribution in [3.63, 3.8) is 0 Å². The molecule has 0 radical (unpaired) electrons. The average molecular weight is 568 g/mol. The topological polar surface area (TPSA) is 121 Å². The van der Waals surface area contributed by atoms with Crippen molar-refractivity contribution < 1.29 is 18.0 Å². The molecule has 0 fully saturated rings. The molecular formula is C26H25N5O4S3. The number of carbonyl (C=O) groups is 2.